The monoisotopic (exact) mass is 2100 g/mol. The Labute approximate surface area is 790 Å². The van der Waals surface area contributed by atoms with E-state index in [1.165, 1.54) is 5.56 Å². The molecule has 126 heavy (non-hydrogen) atoms. The number of aryl methyl sites for hydroxylation is 7. The van der Waals surface area contributed by atoms with Crippen LogP contribution >= 0.6 is 126 Å². The molecule has 33 heteroatoms. The summed E-state index contributed by atoms with van der Waals surface area (Å²) in [6.07, 6.45) is 9.12. The van der Waals surface area contributed by atoms with Crippen LogP contribution in [0.4, 0.5) is 39.8 Å². The summed E-state index contributed by atoms with van der Waals surface area (Å²) >= 11 is 40.8. The Morgan fingerprint density at radius 1 is 0.302 bits per heavy atom. The number of fused-ring (bicyclic) bond motifs is 7. The number of phenolic OH excluding ortho intramolecular Hbond substituents is 1. The first kappa shape index (κ1) is 96.5. The number of aromatic hydroxyl groups is 1. The van der Waals surface area contributed by atoms with Crippen LogP contribution in [-0.2, 0) is 78.5 Å². The van der Waals surface area contributed by atoms with E-state index in [0.29, 0.717) is 87.7 Å². The summed E-state index contributed by atoms with van der Waals surface area (Å²) in [5.41, 5.74) is 20.0. The largest absolute Gasteiger partial charge is 0.508 e. The minimum atomic E-state index is -1.41. The molecule has 18 rings (SSSR count). The van der Waals surface area contributed by atoms with Crippen LogP contribution in [-0.4, -0.2) is 106 Å². The molecule has 0 unspecified atom stereocenters. The number of ether oxygens (including phenoxy) is 6. The third-order valence-corrected chi connectivity index (χ3v) is 24.9. The maximum Gasteiger partial charge on any atom is 0.488 e. The molecule has 0 atom stereocenters. The van der Waals surface area contributed by atoms with Gasteiger partial charge in [0.1, 0.15) is 40.2 Å². The lowest BCUT2D eigenvalue weighted by Gasteiger charge is -2.23. The topological polar surface area (TPSA) is 320 Å². The lowest BCUT2D eigenvalue weighted by molar-refractivity contribution is -0.117. The van der Waals surface area contributed by atoms with Gasteiger partial charge < -0.3 is 80.8 Å². The number of benzene rings is 11. The van der Waals surface area contributed by atoms with Crippen molar-refractivity contribution in [1.82, 2.24) is 0 Å². The normalized spacial score (nSPS) is 13.7. The number of phenols is 1. The highest BCUT2D eigenvalue weighted by molar-refractivity contribution is 9.11. The summed E-state index contributed by atoms with van der Waals surface area (Å²) in [6.45, 7) is 0. The van der Waals surface area contributed by atoms with Crippen LogP contribution in [0.5, 0.6) is 40.2 Å². The molecule has 10 N–H and O–H groups in total. The molecule has 0 bridgehead atoms. The number of carbonyl (C=O) groups excluding carboxylic acids is 7. The van der Waals surface area contributed by atoms with E-state index in [-0.39, 0.29) is 47.1 Å². The molecule has 0 saturated heterocycles. The number of amides is 7. The number of rotatable bonds is 10. The Balaban J connectivity index is 0.000000141. The molecule has 0 aromatic heterocycles. The van der Waals surface area contributed by atoms with Crippen LogP contribution in [0.15, 0.2) is 198 Å². The summed E-state index contributed by atoms with van der Waals surface area (Å²) in [7, 11) is 8.29. The van der Waals surface area contributed by atoms with Crippen LogP contribution in [0, 0.1) is 0 Å². The smallest absolute Gasteiger partial charge is 0.488 e. The maximum absolute atomic E-state index is 11.8. The van der Waals surface area contributed by atoms with Gasteiger partial charge in [-0.25, -0.2) is 0 Å². The molecule has 7 aliphatic rings. The van der Waals surface area contributed by atoms with Gasteiger partial charge in [-0.2, -0.15) is 0 Å². The predicted octanol–water partition coefficient (Wildman–Crippen LogP) is 21.5. The molecule has 0 aliphatic carbocycles. The highest BCUT2D eigenvalue weighted by Gasteiger charge is 2.29. The lowest BCUT2D eigenvalue weighted by Crippen LogP contribution is -2.29. The zero-order valence-corrected chi connectivity index (χ0v) is 79.7. The van der Waals surface area contributed by atoms with Crippen LogP contribution in [0.25, 0.3) is 33.4 Å². The molecule has 0 radical (unpaired) electrons. The van der Waals surface area contributed by atoms with Crippen molar-refractivity contribution in [3.05, 3.63) is 257 Å². The maximum atomic E-state index is 11.8. The van der Waals surface area contributed by atoms with E-state index < -0.39 is 7.12 Å². The molecular weight excluding hydrogens is 2020 g/mol. The molecule has 23 nitrogen and oxygen atoms in total. The molecule has 7 aliphatic heterocycles. The average molecular weight is 2110 g/mol. The van der Waals surface area contributed by atoms with Crippen molar-refractivity contribution >= 4 is 220 Å². The summed E-state index contributed by atoms with van der Waals surface area (Å²) in [5.74, 6) is 4.91. The van der Waals surface area contributed by atoms with Gasteiger partial charge in [-0.3, -0.25) is 33.6 Å². The Bertz CT molecular complexity index is 5900. The molecule has 0 spiro atoms. The third-order valence-electron chi connectivity index (χ3n) is 20.6. The van der Waals surface area contributed by atoms with Crippen molar-refractivity contribution in [2.45, 2.75) is 89.9 Å². The molecule has 654 valence electrons. The number of halogens is 9. The minimum Gasteiger partial charge on any atom is -0.508 e. The van der Waals surface area contributed by atoms with Crippen LogP contribution < -0.4 is 71.1 Å². The lowest BCUT2D eigenvalue weighted by atomic mass is 9.81. The summed E-state index contributed by atoms with van der Waals surface area (Å²) in [4.78, 5) is 79.2. The van der Waals surface area contributed by atoms with Crippen LogP contribution in [0.3, 0.4) is 0 Å². The number of methoxy groups -OCH3 is 6. The third kappa shape index (κ3) is 25.4. The van der Waals surface area contributed by atoms with E-state index in [2.05, 4.69) is 129 Å². The highest BCUT2D eigenvalue weighted by atomic mass is 79.9. The quantitative estimate of drug-likeness (QED) is 0.0569. The van der Waals surface area contributed by atoms with E-state index >= 15 is 0 Å². The summed E-state index contributed by atoms with van der Waals surface area (Å²) < 4.78 is 36.2. The summed E-state index contributed by atoms with van der Waals surface area (Å²) in [5, 5.41) is 49.0. The van der Waals surface area contributed by atoms with Gasteiger partial charge in [0.25, 0.3) is 0 Å². The van der Waals surface area contributed by atoms with Gasteiger partial charge >= 0.3 is 7.12 Å². The van der Waals surface area contributed by atoms with E-state index in [4.69, 9.17) is 90.0 Å². The number of hydrogen-bond donors (Lipinski definition) is 10. The van der Waals surface area contributed by atoms with Crippen molar-refractivity contribution in [3.63, 3.8) is 0 Å². The molecule has 11 aromatic rings. The second-order valence-corrected chi connectivity index (χ2v) is 34.7. The van der Waals surface area contributed by atoms with E-state index in [1.54, 1.807) is 79.1 Å². The fourth-order valence-corrected chi connectivity index (χ4v) is 18.2. The molecule has 11 aromatic carbocycles. The Morgan fingerprint density at radius 3 is 1.10 bits per heavy atom. The van der Waals surface area contributed by atoms with Gasteiger partial charge in [0.2, 0.25) is 41.4 Å². The van der Waals surface area contributed by atoms with Gasteiger partial charge in [-0.1, -0.05) is 107 Å². The van der Waals surface area contributed by atoms with E-state index in [1.807, 2.05) is 127 Å². The molecule has 7 heterocycles. The SMILES string of the molecule is COc1c(-c2ccc(Cl)cc2)cc2c(c1Br)NC(=O)CC2.COc1c(Br)cc2c(c1-c1ccc(Cl)cc1)NC(=O)CC2.COc1c(Br)cc2c(c1Br)NC(=O)CC2.COc1cc2c(cc1-c1ccc(Cl)cc1)CCC(=O)N2.COc1cc2c(cc1Br)CCC(=O)N2.COc1ccc2c(c1)NC(=O)CC2.O=C1CCc2ccc(O)cc2N1.OB(O)c1ccc(Cl)cc1. The Morgan fingerprint density at radius 2 is 0.643 bits per heavy atom. The first-order valence-electron chi connectivity index (χ1n) is 39.3. The highest BCUT2D eigenvalue weighted by Crippen LogP contribution is 2.49. The van der Waals surface area contributed by atoms with Gasteiger partial charge in [-0.15, -0.1) is 0 Å². The zero-order chi connectivity index (χ0) is 90.6. The standard InChI is InChI=1S/2C16H13BrClNO2.C16H14ClNO2.C10H9Br2NO2.C10H10BrNO2.C10H11NO2.C9H9NO2.C6H6BClO2/c1-21-16-12(17)8-10-4-7-13(20)19-15(10)14(16)9-2-5-11(18)6-3-9;1-21-16-12(9-2-5-11(18)6-3-9)8-10-4-7-13(20)19-15(10)14(16)17;1-20-15-9-14-11(4-7-16(19)18-14)8-13(15)10-2-5-12(17)6-3-10;1-15-10-6(11)4-5-2-3-7(14)13-9(5)8(10)12;1-14-9-5-8-6(4-7(9)11)2-3-10(13)12-8;1-13-8-4-2-7-3-5-10(12)11-9(7)6-8;11-7-3-1-6-2-4-9(12)10-8(6)5-7;8-6-3-1-5(2-4-6)7(9)10/h2*2-3,5-6,8H,4,7H2,1H3,(H,19,20);2-3,5-6,8-9H,4,7H2,1H3,(H,18,19);4H,2-3H2,1H3,(H,13,14);4-5H,2-3H2,1H3,(H,12,13);2,4,6H,3,5H2,1H3,(H,11,12);1,3,5,11H,2,4H2,(H,10,12);1-4,9-10H. The van der Waals surface area contributed by atoms with E-state index in [0.717, 1.165) is 191 Å². The fraction of sp³-hybridized carbons (Fsp3) is 0.215. The molecule has 7 amide bonds. The van der Waals surface area contributed by atoms with Crippen molar-refractivity contribution < 1.29 is 77.1 Å². The zero-order valence-electron chi connectivity index (χ0n) is 68.8. The van der Waals surface area contributed by atoms with Crippen molar-refractivity contribution in [2.75, 3.05) is 79.9 Å². The second-order valence-electron chi connectivity index (χ2n) is 28.8. The first-order chi connectivity index (χ1) is 60.4. The molecular formula is C93H85BBr5Cl4N7O16. The number of anilines is 7. The average Bonchev–Trinajstić information content (AvgIpc) is 0.768. The summed E-state index contributed by atoms with van der Waals surface area (Å²) in [6, 6.07) is 53.8. The molecule has 0 saturated carbocycles. The van der Waals surface area contributed by atoms with Crippen LogP contribution in [0.2, 0.25) is 20.1 Å². The van der Waals surface area contributed by atoms with Crippen molar-refractivity contribution in [3.8, 4) is 73.6 Å². The van der Waals surface area contributed by atoms with Gasteiger partial charge in [0, 0.05) is 129 Å². The predicted molar refractivity (Wildman–Crippen MR) is 516 cm³/mol. The first-order valence-corrected chi connectivity index (χ1v) is 44.8. The van der Waals surface area contributed by atoms with Crippen LogP contribution in [0.1, 0.15) is 83.9 Å². The molecule has 0 fully saturated rings. The van der Waals surface area contributed by atoms with Gasteiger partial charge in [0.15, 0.2) is 0 Å². The van der Waals surface area contributed by atoms with Crippen molar-refractivity contribution in [1.29, 1.82) is 0 Å². The number of carbonyl (C=O) groups is 7. The Kier molecular flexibility index (Phi) is 34.9. The van der Waals surface area contributed by atoms with Gasteiger partial charge in [-0.05, 0) is 277 Å². The van der Waals surface area contributed by atoms with E-state index in [9.17, 15) is 33.6 Å². The number of hydrogen-bond acceptors (Lipinski definition) is 16. The fourth-order valence-electron chi connectivity index (χ4n) is 14.1. The number of nitrogens with one attached hydrogen (secondary N) is 7. The van der Waals surface area contributed by atoms with Gasteiger partial charge in [0.05, 0.1) is 82.1 Å². The van der Waals surface area contributed by atoms with Crippen molar-refractivity contribution in [2.24, 2.45) is 0 Å². The Hall–Kier alpha value is -10.1. The second kappa shape index (κ2) is 45.5. The minimum absolute atomic E-state index is 0.0214.